The Hall–Kier alpha value is -1.34. The van der Waals surface area contributed by atoms with Crippen molar-refractivity contribution in [1.82, 2.24) is 15.5 Å². The Morgan fingerprint density at radius 3 is 2.63 bits per heavy atom. The zero-order valence-electron chi connectivity index (χ0n) is 17.3. The molecule has 0 amide bonds. The van der Waals surface area contributed by atoms with Crippen LogP contribution in [0, 0.1) is 0 Å². The molecule has 154 valence electrons. The van der Waals surface area contributed by atoms with Gasteiger partial charge in [0, 0.05) is 34.4 Å². The van der Waals surface area contributed by atoms with Gasteiger partial charge in [-0.05, 0) is 65.8 Å². The highest BCUT2D eigenvalue weighted by Gasteiger charge is 2.24. The quantitative estimate of drug-likeness (QED) is 0.522. The van der Waals surface area contributed by atoms with E-state index in [-0.39, 0.29) is 10.8 Å². The molecular formula is C20H36N4O2S. The topological polar surface area (TPSA) is 69.9 Å². The van der Waals surface area contributed by atoms with Crippen molar-refractivity contribution in [2.24, 2.45) is 4.99 Å². The van der Waals surface area contributed by atoms with Crippen LogP contribution in [0.15, 0.2) is 27.8 Å². The van der Waals surface area contributed by atoms with Gasteiger partial charge >= 0.3 is 0 Å². The Kier molecular flexibility index (Phi) is 8.83. The minimum absolute atomic E-state index is 0.166. The van der Waals surface area contributed by atoms with Crippen LogP contribution in [0.4, 0.5) is 0 Å². The summed E-state index contributed by atoms with van der Waals surface area (Å²) in [4.78, 5) is 7.27. The number of aliphatic imine (C=N–C) groups is 1. The largest absolute Gasteiger partial charge is 0.468 e. The highest BCUT2D eigenvalue weighted by atomic mass is 32.2. The van der Waals surface area contributed by atoms with Crippen molar-refractivity contribution in [2.75, 3.05) is 38.5 Å². The first-order chi connectivity index (χ1) is 12.9. The summed E-state index contributed by atoms with van der Waals surface area (Å²) in [6, 6.07) is 4.16. The van der Waals surface area contributed by atoms with Crippen molar-refractivity contribution in [1.29, 1.82) is 0 Å². The first-order valence-corrected chi connectivity index (χ1v) is 11.4. The number of piperidine rings is 1. The van der Waals surface area contributed by atoms with Crippen LogP contribution in [-0.4, -0.2) is 58.3 Å². The van der Waals surface area contributed by atoms with Crippen LogP contribution in [0.1, 0.15) is 58.8 Å². The second-order valence-corrected chi connectivity index (χ2v) is 10.3. The fourth-order valence-corrected chi connectivity index (χ4v) is 4.08. The highest BCUT2D eigenvalue weighted by Crippen LogP contribution is 2.25. The number of furan rings is 1. The maximum absolute atomic E-state index is 12.2. The molecule has 0 radical (unpaired) electrons. The van der Waals surface area contributed by atoms with Crippen LogP contribution in [0.25, 0.3) is 0 Å². The molecule has 2 rings (SSSR count). The molecule has 2 unspecified atom stereocenters. The van der Waals surface area contributed by atoms with E-state index in [0.717, 1.165) is 31.4 Å². The van der Waals surface area contributed by atoms with Crippen molar-refractivity contribution in [3.8, 4) is 0 Å². The lowest BCUT2D eigenvalue weighted by Gasteiger charge is -2.32. The molecule has 0 aromatic carbocycles. The maximum Gasteiger partial charge on any atom is 0.191 e. The van der Waals surface area contributed by atoms with Gasteiger partial charge in [0.15, 0.2) is 5.96 Å². The molecule has 1 aliphatic rings. The van der Waals surface area contributed by atoms with Gasteiger partial charge in [0.1, 0.15) is 5.76 Å². The van der Waals surface area contributed by atoms with Gasteiger partial charge in [-0.15, -0.1) is 0 Å². The molecule has 1 fully saturated rings. The second-order valence-electron chi connectivity index (χ2n) is 7.94. The van der Waals surface area contributed by atoms with Crippen molar-refractivity contribution in [2.45, 2.75) is 57.7 Å². The summed E-state index contributed by atoms with van der Waals surface area (Å²) in [7, 11) is -0.867. The summed E-state index contributed by atoms with van der Waals surface area (Å²) in [6.45, 7) is 12.3. The van der Waals surface area contributed by atoms with Crippen LogP contribution in [0.2, 0.25) is 0 Å². The van der Waals surface area contributed by atoms with Crippen LogP contribution < -0.4 is 10.6 Å². The highest BCUT2D eigenvalue weighted by molar-refractivity contribution is 7.86. The number of likely N-dealkylation sites (tertiary alicyclic amines) is 1. The molecule has 2 heterocycles. The van der Waals surface area contributed by atoms with E-state index in [1.807, 2.05) is 32.9 Å². The molecule has 1 saturated heterocycles. The predicted molar refractivity (Wildman–Crippen MR) is 114 cm³/mol. The Labute approximate surface area is 166 Å². The molecule has 0 aliphatic carbocycles. The monoisotopic (exact) mass is 396 g/mol. The van der Waals surface area contributed by atoms with Gasteiger partial charge in [-0.2, -0.15) is 0 Å². The molecule has 2 atom stereocenters. The summed E-state index contributed by atoms with van der Waals surface area (Å²) in [5.41, 5.74) is 0. The molecule has 2 N–H and O–H groups in total. The third-order valence-electron chi connectivity index (χ3n) is 4.73. The van der Waals surface area contributed by atoms with Gasteiger partial charge in [0.2, 0.25) is 0 Å². The van der Waals surface area contributed by atoms with Crippen molar-refractivity contribution in [3.05, 3.63) is 24.2 Å². The van der Waals surface area contributed by atoms with Crippen LogP contribution >= 0.6 is 0 Å². The lowest BCUT2D eigenvalue weighted by atomic mass is 10.1. The lowest BCUT2D eigenvalue weighted by Crippen LogP contribution is -2.41. The van der Waals surface area contributed by atoms with E-state index in [1.54, 1.807) is 6.26 Å². The number of nitrogens with zero attached hydrogens (tertiary/aromatic N) is 2. The summed E-state index contributed by atoms with van der Waals surface area (Å²) in [5.74, 6) is 2.36. The van der Waals surface area contributed by atoms with Crippen molar-refractivity contribution >= 4 is 16.8 Å². The van der Waals surface area contributed by atoms with E-state index >= 15 is 0 Å². The third-order valence-corrected chi connectivity index (χ3v) is 6.67. The SMILES string of the molecule is CCNC(=NCC(c1ccco1)N1CCCCC1)NCCS(=O)C(C)(C)C. The smallest absolute Gasteiger partial charge is 0.191 e. The van der Waals surface area contributed by atoms with Gasteiger partial charge < -0.3 is 15.1 Å². The van der Waals surface area contributed by atoms with Gasteiger partial charge in [0.05, 0.1) is 18.8 Å². The number of rotatable bonds is 8. The van der Waals surface area contributed by atoms with E-state index in [9.17, 15) is 4.21 Å². The average molecular weight is 397 g/mol. The van der Waals surface area contributed by atoms with Gasteiger partial charge in [0.25, 0.3) is 0 Å². The van der Waals surface area contributed by atoms with E-state index in [2.05, 4.69) is 22.5 Å². The number of nitrogens with one attached hydrogen (secondary N) is 2. The molecule has 1 aliphatic heterocycles. The molecule has 0 saturated carbocycles. The first kappa shape index (κ1) is 22.0. The summed E-state index contributed by atoms with van der Waals surface area (Å²) in [5, 5.41) is 6.61. The lowest BCUT2D eigenvalue weighted by molar-refractivity contribution is 0.150. The zero-order valence-corrected chi connectivity index (χ0v) is 18.1. The van der Waals surface area contributed by atoms with Gasteiger partial charge in [-0.1, -0.05) is 6.42 Å². The summed E-state index contributed by atoms with van der Waals surface area (Å²) < 4.78 is 17.7. The van der Waals surface area contributed by atoms with Crippen LogP contribution in [-0.2, 0) is 10.8 Å². The fourth-order valence-electron chi connectivity index (χ4n) is 3.18. The first-order valence-electron chi connectivity index (χ1n) is 10.1. The Bertz CT molecular complexity index is 590. The average Bonchev–Trinajstić information content (AvgIpc) is 3.16. The molecule has 1 aromatic rings. The standard InChI is InChI=1S/C20H36N4O2S/c1-5-21-19(22-11-15-27(25)20(2,3)4)23-16-17(18-10-9-14-26-18)24-12-7-6-8-13-24/h9-10,14,17H,5-8,11-13,15-16H2,1-4H3,(H2,21,22,23). The van der Waals surface area contributed by atoms with Crippen LogP contribution in [0.3, 0.4) is 0 Å². The zero-order chi connectivity index (χ0) is 19.7. The van der Waals surface area contributed by atoms with Crippen LogP contribution in [0.5, 0.6) is 0 Å². The van der Waals surface area contributed by atoms with Crippen molar-refractivity contribution < 1.29 is 8.63 Å². The third kappa shape index (κ3) is 7.30. The normalized spacial score (nSPS) is 18.9. The number of hydrogen-bond acceptors (Lipinski definition) is 4. The molecule has 6 nitrogen and oxygen atoms in total. The van der Waals surface area contributed by atoms with E-state index < -0.39 is 10.8 Å². The predicted octanol–water partition coefficient (Wildman–Crippen LogP) is 2.91. The minimum Gasteiger partial charge on any atom is -0.468 e. The Balaban J connectivity index is 1.98. The molecule has 1 aromatic heterocycles. The second kappa shape index (κ2) is 10.9. The molecule has 0 spiro atoms. The fraction of sp³-hybridized carbons (Fsp3) is 0.750. The number of hydrogen-bond donors (Lipinski definition) is 2. The molecular weight excluding hydrogens is 360 g/mol. The Morgan fingerprint density at radius 2 is 2.04 bits per heavy atom. The van der Waals surface area contributed by atoms with E-state index in [0.29, 0.717) is 18.8 Å². The molecule has 0 bridgehead atoms. The van der Waals surface area contributed by atoms with E-state index in [4.69, 9.17) is 9.41 Å². The molecule has 7 heteroatoms. The Morgan fingerprint density at radius 1 is 1.30 bits per heavy atom. The maximum atomic E-state index is 12.2. The summed E-state index contributed by atoms with van der Waals surface area (Å²) in [6.07, 6.45) is 5.51. The van der Waals surface area contributed by atoms with Gasteiger partial charge in [-0.25, -0.2) is 0 Å². The minimum atomic E-state index is -0.867. The van der Waals surface area contributed by atoms with Gasteiger partial charge in [-0.3, -0.25) is 14.1 Å². The van der Waals surface area contributed by atoms with E-state index in [1.165, 1.54) is 19.3 Å². The summed E-state index contributed by atoms with van der Waals surface area (Å²) >= 11 is 0. The number of guanidine groups is 1. The molecule has 27 heavy (non-hydrogen) atoms. The van der Waals surface area contributed by atoms with Crippen molar-refractivity contribution in [3.63, 3.8) is 0 Å².